The molecule has 0 radical (unpaired) electrons. The van der Waals surface area contributed by atoms with E-state index in [1.54, 1.807) is 7.11 Å². The highest BCUT2D eigenvalue weighted by Gasteiger charge is 2.33. The van der Waals surface area contributed by atoms with Crippen LogP contribution in [-0.4, -0.2) is 61.1 Å². The molecule has 0 unspecified atom stereocenters. The fourth-order valence-electron chi connectivity index (χ4n) is 4.03. The van der Waals surface area contributed by atoms with Crippen LogP contribution in [0.1, 0.15) is 17.5 Å². The number of benzene rings is 2. The average Bonchev–Trinajstić information content (AvgIpc) is 2.78. The van der Waals surface area contributed by atoms with Crippen molar-refractivity contribution < 1.29 is 9.53 Å². The van der Waals surface area contributed by atoms with Gasteiger partial charge in [-0.2, -0.15) is 0 Å². The molecule has 5 heteroatoms. The Hall–Kier alpha value is -3.23. The number of amides is 1. The Bertz CT molecular complexity index is 1000. The van der Waals surface area contributed by atoms with Crippen molar-refractivity contribution in [2.75, 3.05) is 40.5 Å². The Labute approximate surface area is 178 Å². The number of methoxy groups -OCH3 is 1. The predicted octanol–water partition coefficient (Wildman–Crippen LogP) is 2.94. The van der Waals surface area contributed by atoms with E-state index in [0.717, 1.165) is 35.4 Å². The number of carbonyl (C=O) groups excluding carboxylic acids is 1. The van der Waals surface area contributed by atoms with E-state index in [4.69, 9.17) is 4.74 Å². The molecule has 0 saturated heterocycles. The van der Waals surface area contributed by atoms with Crippen molar-refractivity contribution in [1.82, 2.24) is 14.7 Å². The second-order valence-electron chi connectivity index (χ2n) is 7.75. The van der Waals surface area contributed by atoms with Gasteiger partial charge in [-0.15, -0.1) is 0 Å². The third-order valence-electron chi connectivity index (χ3n) is 5.61. The van der Waals surface area contributed by atoms with Gasteiger partial charge < -0.3 is 14.5 Å². The first kappa shape index (κ1) is 20.1. The standard InChI is InChI=1S/C25H27N3O2/c1-26-19-28(17-21-8-4-3-5-9-21)25(29)23-18-27(15-13-24(23)26)14-7-11-20-10-6-12-22(16-20)30-2/h3-6,8-10,12,16H,13-15,17-19H2,1-2H3. The van der Waals surface area contributed by atoms with E-state index in [1.807, 2.05) is 47.4 Å². The summed E-state index contributed by atoms with van der Waals surface area (Å²) in [5.74, 6) is 7.42. The number of rotatable bonds is 4. The number of ether oxygens (including phenoxy) is 1. The van der Waals surface area contributed by atoms with Crippen LogP contribution in [0.5, 0.6) is 5.75 Å². The summed E-state index contributed by atoms with van der Waals surface area (Å²) >= 11 is 0. The number of hydrogen-bond donors (Lipinski definition) is 0. The van der Waals surface area contributed by atoms with Gasteiger partial charge in [-0.3, -0.25) is 9.69 Å². The zero-order chi connectivity index (χ0) is 20.9. The van der Waals surface area contributed by atoms with Crippen molar-refractivity contribution in [1.29, 1.82) is 0 Å². The highest BCUT2D eigenvalue weighted by Crippen LogP contribution is 2.27. The third kappa shape index (κ3) is 4.50. The third-order valence-corrected chi connectivity index (χ3v) is 5.61. The summed E-state index contributed by atoms with van der Waals surface area (Å²) in [6.45, 7) is 3.49. The zero-order valence-corrected chi connectivity index (χ0v) is 17.6. The first-order valence-electron chi connectivity index (χ1n) is 10.3. The van der Waals surface area contributed by atoms with Crippen molar-refractivity contribution in [2.24, 2.45) is 0 Å². The summed E-state index contributed by atoms with van der Waals surface area (Å²) in [6.07, 6.45) is 0.886. The fraction of sp³-hybridized carbons (Fsp3) is 0.320. The second kappa shape index (κ2) is 9.06. The average molecular weight is 402 g/mol. The van der Waals surface area contributed by atoms with Crippen molar-refractivity contribution in [3.8, 4) is 17.6 Å². The summed E-state index contributed by atoms with van der Waals surface area (Å²) in [5, 5.41) is 0. The lowest BCUT2D eigenvalue weighted by atomic mass is 10.0. The molecule has 0 bridgehead atoms. The first-order chi connectivity index (χ1) is 14.6. The van der Waals surface area contributed by atoms with Crippen LogP contribution in [-0.2, 0) is 11.3 Å². The Balaban J connectivity index is 1.43. The van der Waals surface area contributed by atoms with Gasteiger partial charge in [0.2, 0.25) is 0 Å². The maximum Gasteiger partial charge on any atom is 0.254 e. The molecule has 2 aliphatic heterocycles. The van der Waals surface area contributed by atoms with Gasteiger partial charge in [0.1, 0.15) is 5.75 Å². The Morgan fingerprint density at radius 2 is 1.93 bits per heavy atom. The summed E-state index contributed by atoms with van der Waals surface area (Å²) in [5.41, 5.74) is 4.18. The molecule has 0 spiro atoms. The molecular weight excluding hydrogens is 374 g/mol. The van der Waals surface area contributed by atoms with Gasteiger partial charge in [0, 0.05) is 44.4 Å². The van der Waals surface area contributed by atoms with E-state index >= 15 is 0 Å². The lowest BCUT2D eigenvalue weighted by molar-refractivity contribution is -0.131. The van der Waals surface area contributed by atoms with Crippen LogP contribution in [0.15, 0.2) is 65.9 Å². The summed E-state index contributed by atoms with van der Waals surface area (Å²) in [6, 6.07) is 17.9. The van der Waals surface area contributed by atoms with E-state index in [-0.39, 0.29) is 5.91 Å². The number of hydrogen-bond acceptors (Lipinski definition) is 4. The van der Waals surface area contributed by atoms with Gasteiger partial charge >= 0.3 is 0 Å². The summed E-state index contributed by atoms with van der Waals surface area (Å²) in [7, 11) is 3.74. The molecule has 0 saturated carbocycles. The van der Waals surface area contributed by atoms with Crippen LogP contribution in [0.4, 0.5) is 0 Å². The van der Waals surface area contributed by atoms with Crippen molar-refractivity contribution in [3.63, 3.8) is 0 Å². The van der Waals surface area contributed by atoms with Gasteiger partial charge in [-0.1, -0.05) is 48.2 Å². The minimum atomic E-state index is 0.150. The quantitative estimate of drug-likeness (QED) is 0.738. The predicted molar refractivity (Wildman–Crippen MR) is 118 cm³/mol. The van der Waals surface area contributed by atoms with Crippen LogP contribution in [0.3, 0.4) is 0 Å². The van der Waals surface area contributed by atoms with Crippen molar-refractivity contribution in [3.05, 3.63) is 77.0 Å². The first-order valence-corrected chi connectivity index (χ1v) is 10.3. The normalized spacial score (nSPS) is 16.8. The molecule has 2 aromatic rings. The lowest BCUT2D eigenvalue weighted by Gasteiger charge is -2.42. The topological polar surface area (TPSA) is 36.0 Å². The molecule has 0 fully saturated rings. The largest absolute Gasteiger partial charge is 0.497 e. The number of carbonyl (C=O) groups is 1. The van der Waals surface area contributed by atoms with Crippen LogP contribution >= 0.6 is 0 Å². The van der Waals surface area contributed by atoms with Gasteiger partial charge in [-0.25, -0.2) is 0 Å². The Morgan fingerprint density at radius 1 is 1.10 bits per heavy atom. The molecule has 4 rings (SSSR count). The maximum atomic E-state index is 13.2. The minimum Gasteiger partial charge on any atom is -0.497 e. The van der Waals surface area contributed by atoms with Crippen molar-refractivity contribution >= 4 is 5.91 Å². The fourth-order valence-corrected chi connectivity index (χ4v) is 4.03. The van der Waals surface area contributed by atoms with Crippen molar-refractivity contribution in [2.45, 2.75) is 13.0 Å². The number of nitrogens with zero attached hydrogens (tertiary/aromatic N) is 3. The SMILES string of the molecule is COc1cccc(C#CCN2CCC3=C(C2)C(=O)N(Cc2ccccc2)CN3C)c1. The molecule has 0 aliphatic carbocycles. The Morgan fingerprint density at radius 3 is 2.73 bits per heavy atom. The van der Waals surface area contributed by atoms with Crippen LogP contribution in [0, 0.1) is 11.8 Å². The Kier molecular flexibility index (Phi) is 6.06. The van der Waals surface area contributed by atoms with Crippen LogP contribution in [0.2, 0.25) is 0 Å². The smallest absolute Gasteiger partial charge is 0.254 e. The molecule has 1 amide bonds. The highest BCUT2D eigenvalue weighted by atomic mass is 16.5. The van der Waals surface area contributed by atoms with E-state index in [9.17, 15) is 4.79 Å². The summed E-state index contributed by atoms with van der Waals surface area (Å²) < 4.78 is 5.25. The summed E-state index contributed by atoms with van der Waals surface area (Å²) in [4.78, 5) is 19.6. The van der Waals surface area contributed by atoms with E-state index < -0.39 is 0 Å². The molecule has 0 N–H and O–H groups in total. The molecule has 0 atom stereocenters. The van der Waals surface area contributed by atoms with Gasteiger partial charge in [-0.05, 0) is 23.8 Å². The molecule has 5 nitrogen and oxygen atoms in total. The molecule has 2 aromatic carbocycles. The zero-order valence-electron chi connectivity index (χ0n) is 17.6. The van der Waals surface area contributed by atoms with Crippen LogP contribution in [0.25, 0.3) is 0 Å². The lowest BCUT2D eigenvalue weighted by Crippen LogP contribution is -2.50. The maximum absolute atomic E-state index is 13.2. The molecular formula is C25H27N3O2. The molecule has 2 heterocycles. The van der Waals surface area contributed by atoms with Gasteiger partial charge in [0.15, 0.2) is 0 Å². The van der Waals surface area contributed by atoms with Gasteiger partial charge in [0.05, 0.1) is 25.9 Å². The van der Waals surface area contributed by atoms with E-state index in [2.05, 4.69) is 40.8 Å². The molecule has 2 aliphatic rings. The van der Waals surface area contributed by atoms with Crippen LogP contribution < -0.4 is 4.74 Å². The van der Waals surface area contributed by atoms with Gasteiger partial charge in [0.25, 0.3) is 5.91 Å². The highest BCUT2D eigenvalue weighted by molar-refractivity contribution is 5.95. The molecule has 30 heavy (non-hydrogen) atoms. The minimum absolute atomic E-state index is 0.150. The monoisotopic (exact) mass is 401 g/mol. The second-order valence-corrected chi connectivity index (χ2v) is 7.75. The van der Waals surface area contributed by atoms with E-state index in [0.29, 0.717) is 26.3 Å². The van der Waals surface area contributed by atoms with E-state index in [1.165, 1.54) is 5.70 Å². The molecule has 0 aromatic heterocycles. The molecule has 154 valence electrons.